The van der Waals surface area contributed by atoms with Crippen molar-refractivity contribution in [1.82, 2.24) is 5.32 Å². The van der Waals surface area contributed by atoms with Crippen molar-refractivity contribution in [3.05, 3.63) is 22.4 Å². The van der Waals surface area contributed by atoms with E-state index in [4.69, 9.17) is 5.73 Å². The number of hydrogen-bond acceptors (Lipinski definition) is 4. The molecule has 96 valence electrons. The lowest BCUT2D eigenvalue weighted by Crippen LogP contribution is -2.47. The quantitative estimate of drug-likeness (QED) is 0.569. The molecule has 1 aromatic carbocycles. The van der Waals surface area contributed by atoms with Gasteiger partial charge in [-0.2, -0.15) is 0 Å². The van der Waals surface area contributed by atoms with Crippen molar-refractivity contribution in [2.24, 2.45) is 0 Å². The van der Waals surface area contributed by atoms with Crippen LogP contribution < -0.4 is 16.4 Å². The minimum atomic E-state index is -0.539. The summed E-state index contributed by atoms with van der Waals surface area (Å²) in [6.45, 7) is 0. The Bertz CT molecular complexity index is 521. The number of piperidine rings is 1. The van der Waals surface area contributed by atoms with E-state index in [1.165, 1.54) is 6.07 Å². The first-order valence-corrected chi connectivity index (χ1v) is 6.11. The van der Waals surface area contributed by atoms with Crippen molar-refractivity contribution in [2.75, 3.05) is 11.1 Å². The van der Waals surface area contributed by atoms with Crippen LogP contribution in [0.4, 0.5) is 15.8 Å². The molecule has 5 nitrogen and oxygen atoms in total. The zero-order chi connectivity index (χ0) is 13.3. The van der Waals surface area contributed by atoms with Crippen LogP contribution in [-0.2, 0) is 9.59 Å². The van der Waals surface area contributed by atoms with Gasteiger partial charge in [0.05, 0.1) is 15.8 Å². The van der Waals surface area contributed by atoms with Gasteiger partial charge in [0, 0.05) is 12.5 Å². The van der Waals surface area contributed by atoms with Crippen LogP contribution in [0.1, 0.15) is 12.8 Å². The number of carbonyl (C=O) groups is 2. The fourth-order valence-corrected chi connectivity index (χ4v) is 2.05. The number of benzene rings is 1. The summed E-state index contributed by atoms with van der Waals surface area (Å²) >= 11 is 3.04. The van der Waals surface area contributed by atoms with Crippen LogP contribution in [0, 0.1) is 5.82 Å². The van der Waals surface area contributed by atoms with Gasteiger partial charge in [0.25, 0.3) is 0 Å². The average molecular weight is 316 g/mol. The molecule has 4 N–H and O–H groups in total. The molecular weight excluding hydrogens is 305 g/mol. The lowest BCUT2D eigenvalue weighted by Gasteiger charge is -2.23. The van der Waals surface area contributed by atoms with Crippen molar-refractivity contribution in [1.29, 1.82) is 0 Å². The van der Waals surface area contributed by atoms with Gasteiger partial charge in [-0.15, -0.1) is 0 Å². The highest BCUT2D eigenvalue weighted by Gasteiger charge is 2.26. The predicted octanol–water partition coefficient (Wildman–Crippen LogP) is 1.39. The molecule has 0 spiro atoms. The summed E-state index contributed by atoms with van der Waals surface area (Å²) in [6, 6.07) is 2.09. The maximum atomic E-state index is 13.2. The summed E-state index contributed by atoms with van der Waals surface area (Å²) < 4.78 is 13.4. The smallest absolute Gasteiger partial charge is 0.249 e. The van der Waals surface area contributed by atoms with Crippen molar-refractivity contribution in [3.63, 3.8) is 0 Å². The number of amides is 2. The average Bonchev–Trinajstić information content (AvgIpc) is 2.29. The Hall–Kier alpha value is -1.63. The van der Waals surface area contributed by atoms with Crippen LogP contribution in [0.2, 0.25) is 0 Å². The van der Waals surface area contributed by atoms with Crippen molar-refractivity contribution >= 4 is 39.1 Å². The first-order chi connectivity index (χ1) is 8.47. The largest absolute Gasteiger partial charge is 0.397 e. The molecule has 18 heavy (non-hydrogen) atoms. The third kappa shape index (κ3) is 2.61. The van der Waals surface area contributed by atoms with E-state index < -0.39 is 17.8 Å². The Kier molecular flexibility index (Phi) is 3.51. The van der Waals surface area contributed by atoms with Crippen LogP contribution in [0.25, 0.3) is 0 Å². The highest BCUT2D eigenvalue weighted by Crippen LogP contribution is 2.27. The van der Waals surface area contributed by atoms with Gasteiger partial charge in [-0.1, -0.05) is 0 Å². The Labute approximate surface area is 111 Å². The Morgan fingerprint density at radius 1 is 1.44 bits per heavy atom. The second-order valence-corrected chi connectivity index (χ2v) is 4.86. The summed E-state index contributed by atoms with van der Waals surface area (Å²) in [5.74, 6) is -1.15. The first kappa shape index (κ1) is 12.8. The molecule has 0 aliphatic carbocycles. The Morgan fingerprint density at radius 2 is 2.17 bits per heavy atom. The zero-order valence-electron chi connectivity index (χ0n) is 9.30. The fraction of sp³-hybridized carbons (Fsp3) is 0.273. The molecule has 1 saturated heterocycles. The van der Waals surface area contributed by atoms with Gasteiger partial charge in [-0.3, -0.25) is 14.9 Å². The number of anilines is 2. The molecule has 1 fully saturated rings. The third-order valence-electron chi connectivity index (χ3n) is 2.66. The number of nitrogens with one attached hydrogen (secondary N) is 2. The highest BCUT2D eigenvalue weighted by molar-refractivity contribution is 9.10. The van der Waals surface area contributed by atoms with Crippen LogP contribution in [0.15, 0.2) is 16.6 Å². The summed E-state index contributed by atoms with van der Waals surface area (Å²) in [5, 5.41) is 5.13. The van der Waals surface area contributed by atoms with E-state index in [9.17, 15) is 14.0 Å². The number of carbonyl (C=O) groups excluding carboxylic acids is 2. The van der Waals surface area contributed by atoms with E-state index in [0.29, 0.717) is 12.1 Å². The molecule has 1 unspecified atom stereocenters. The molecule has 0 bridgehead atoms. The molecule has 1 aliphatic heterocycles. The van der Waals surface area contributed by atoms with Crippen LogP contribution in [0.3, 0.4) is 0 Å². The second kappa shape index (κ2) is 4.93. The number of imide groups is 1. The van der Waals surface area contributed by atoms with E-state index in [2.05, 4.69) is 26.6 Å². The zero-order valence-corrected chi connectivity index (χ0v) is 10.9. The highest BCUT2D eigenvalue weighted by atomic mass is 79.9. The molecule has 1 aliphatic rings. The molecule has 2 rings (SSSR count). The summed E-state index contributed by atoms with van der Waals surface area (Å²) in [7, 11) is 0. The predicted molar refractivity (Wildman–Crippen MR) is 68.3 cm³/mol. The van der Waals surface area contributed by atoms with Gasteiger partial charge in [-0.25, -0.2) is 4.39 Å². The van der Waals surface area contributed by atoms with Crippen molar-refractivity contribution < 1.29 is 14.0 Å². The maximum absolute atomic E-state index is 13.2. The molecule has 0 saturated carbocycles. The van der Waals surface area contributed by atoms with Crippen molar-refractivity contribution in [3.8, 4) is 0 Å². The number of halogens is 2. The molecule has 1 atom stereocenters. The van der Waals surface area contributed by atoms with Crippen LogP contribution in [0.5, 0.6) is 0 Å². The Morgan fingerprint density at radius 3 is 2.83 bits per heavy atom. The standard InChI is InChI=1S/C11H11BrFN3O2/c12-5-3-9(7(14)4-6(5)13)15-8-1-2-10(17)16-11(8)18/h3-4,8,15H,1-2,14H2,(H,16,17,18). The first-order valence-electron chi connectivity index (χ1n) is 5.32. The minimum Gasteiger partial charge on any atom is -0.397 e. The maximum Gasteiger partial charge on any atom is 0.249 e. The van der Waals surface area contributed by atoms with Crippen molar-refractivity contribution in [2.45, 2.75) is 18.9 Å². The molecular formula is C11H11BrFN3O2. The molecule has 0 aromatic heterocycles. The van der Waals surface area contributed by atoms with Crippen LogP contribution in [-0.4, -0.2) is 17.9 Å². The SMILES string of the molecule is Nc1cc(F)c(Br)cc1NC1CCC(=O)NC1=O. The lowest BCUT2D eigenvalue weighted by atomic mass is 10.1. The molecule has 1 aromatic rings. The monoisotopic (exact) mass is 315 g/mol. The van der Waals surface area contributed by atoms with Gasteiger partial charge in [-0.05, 0) is 28.4 Å². The van der Waals surface area contributed by atoms with Gasteiger partial charge in [0.15, 0.2) is 0 Å². The number of hydrogen-bond donors (Lipinski definition) is 3. The van der Waals surface area contributed by atoms with E-state index in [-0.39, 0.29) is 22.5 Å². The normalized spacial score (nSPS) is 19.6. The van der Waals surface area contributed by atoms with E-state index in [1.54, 1.807) is 0 Å². The number of nitrogens with two attached hydrogens (primary N) is 1. The number of rotatable bonds is 2. The minimum absolute atomic E-state index is 0.209. The molecule has 2 amide bonds. The van der Waals surface area contributed by atoms with Gasteiger partial charge in [0.2, 0.25) is 11.8 Å². The second-order valence-electron chi connectivity index (χ2n) is 4.00. The topological polar surface area (TPSA) is 84.2 Å². The molecule has 0 radical (unpaired) electrons. The van der Waals surface area contributed by atoms with E-state index in [1.807, 2.05) is 0 Å². The van der Waals surface area contributed by atoms with Gasteiger partial charge < -0.3 is 11.1 Å². The molecule has 7 heteroatoms. The van der Waals surface area contributed by atoms with E-state index >= 15 is 0 Å². The summed E-state index contributed by atoms with van der Waals surface area (Å²) in [6.07, 6.45) is 0.658. The lowest BCUT2D eigenvalue weighted by molar-refractivity contribution is -0.133. The van der Waals surface area contributed by atoms with Gasteiger partial charge >= 0.3 is 0 Å². The molecule has 1 heterocycles. The van der Waals surface area contributed by atoms with E-state index in [0.717, 1.165) is 6.07 Å². The summed E-state index contributed by atoms with van der Waals surface area (Å²) in [5.41, 5.74) is 6.32. The van der Waals surface area contributed by atoms with Crippen LogP contribution >= 0.6 is 15.9 Å². The fourth-order valence-electron chi connectivity index (χ4n) is 1.71. The van der Waals surface area contributed by atoms with Gasteiger partial charge in [0.1, 0.15) is 11.9 Å². The summed E-state index contributed by atoms with van der Waals surface area (Å²) in [4.78, 5) is 22.5. The Balaban J connectivity index is 2.17. The number of nitrogen functional groups attached to an aromatic ring is 1. The third-order valence-corrected chi connectivity index (χ3v) is 3.27.